The quantitative estimate of drug-likeness (QED) is 0.266. The van der Waals surface area contributed by atoms with E-state index in [-0.39, 0.29) is 29.2 Å². The molecule has 12 nitrogen and oxygen atoms in total. The molecule has 3 aromatic rings. The van der Waals surface area contributed by atoms with Crippen molar-refractivity contribution in [1.29, 1.82) is 0 Å². The predicted octanol–water partition coefficient (Wildman–Crippen LogP) is 5.27. The monoisotopic (exact) mass is 649 g/mol. The van der Waals surface area contributed by atoms with Gasteiger partial charge in [-0.05, 0) is 87.9 Å². The summed E-state index contributed by atoms with van der Waals surface area (Å²) < 4.78 is 17.8. The number of hydrogen-bond donors (Lipinski definition) is 4. The standard InChI is InChI=1S/C35H51N7O5/c1-7-45-34-40-32-36-21-25-12-15-27(16-13-25)46-18-8-10-24(2)29(43)11-9-19-47-30-20-26(38-33(39-32)41-34)14-17-28(30)31(44)37-22-35(3,4)23-42(5)6/h12-17,20,24,29,43H,7-11,18-19,21-23H2,1-6H3,(H,37,44)(H2,36,38,39,40,41). The molecule has 4 N–H and O–H groups in total. The second-order valence-electron chi connectivity index (χ2n) is 13.1. The number of carbonyl (C=O) groups is 1. The number of nitrogens with zero attached hydrogens (tertiary/aromatic N) is 4. The van der Waals surface area contributed by atoms with Crippen molar-refractivity contribution in [2.45, 2.75) is 66.0 Å². The Kier molecular flexibility index (Phi) is 13.0. The SMILES string of the molecule is CCOc1nc2nc(n1)Nc1ccc(C(=O)NCC(C)(C)CN(C)C)c(c1)OCCCC(O)C(C)CCCOc1ccc(cc1)CN2. The number of benzene rings is 2. The Hall–Kier alpha value is -4.16. The first-order valence-corrected chi connectivity index (χ1v) is 16.5. The molecule has 2 aromatic carbocycles. The zero-order valence-corrected chi connectivity index (χ0v) is 28.6. The van der Waals surface area contributed by atoms with Crippen LogP contribution in [0.15, 0.2) is 42.5 Å². The van der Waals surface area contributed by atoms with E-state index in [1.165, 1.54) is 0 Å². The van der Waals surface area contributed by atoms with Crippen LogP contribution in [0.25, 0.3) is 0 Å². The number of aliphatic hydroxyl groups is 1. The summed E-state index contributed by atoms with van der Waals surface area (Å²) in [6, 6.07) is 13.4. The molecule has 0 saturated heterocycles. The summed E-state index contributed by atoms with van der Waals surface area (Å²) in [5.74, 6) is 1.76. The molecular formula is C35H51N7O5. The lowest BCUT2D eigenvalue weighted by Crippen LogP contribution is -2.40. The Morgan fingerprint density at radius 3 is 2.51 bits per heavy atom. The number of rotatable bonds is 7. The molecule has 1 amide bonds. The predicted molar refractivity (Wildman–Crippen MR) is 184 cm³/mol. The Labute approximate surface area is 278 Å². The maximum Gasteiger partial charge on any atom is 0.323 e. The molecular weight excluding hydrogens is 598 g/mol. The van der Waals surface area contributed by atoms with Gasteiger partial charge in [-0.3, -0.25) is 4.79 Å². The van der Waals surface area contributed by atoms with Crippen LogP contribution in [0.5, 0.6) is 17.5 Å². The number of ether oxygens (including phenoxy) is 3. The first-order valence-electron chi connectivity index (χ1n) is 16.5. The van der Waals surface area contributed by atoms with Crippen LogP contribution < -0.4 is 30.2 Å². The van der Waals surface area contributed by atoms with Gasteiger partial charge in [0.15, 0.2) is 0 Å². The third-order valence-corrected chi connectivity index (χ3v) is 7.85. The number of anilines is 3. The van der Waals surface area contributed by atoms with E-state index < -0.39 is 6.10 Å². The highest BCUT2D eigenvalue weighted by Gasteiger charge is 2.22. The van der Waals surface area contributed by atoms with Gasteiger partial charge in [-0.25, -0.2) is 0 Å². The smallest absolute Gasteiger partial charge is 0.323 e. The van der Waals surface area contributed by atoms with Crippen molar-refractivity contribution < 1.29 is 24.1 Å². The van der Waals surface area contributed by atoms with E-state index in [2.05, 4.69) is 56.6 Å². The van der Waals surface area contributed by atoms with Crippen molar-refractivity contribution in [3.8, 4) is 17.5 Å². The fourth-order valence-electron chi connectivity index (χ4n) is 5.48. The molecule has 2 atom stereocenters. The van der Waals surface area contributed by atoms with Gasteiger partial charge >= 0.3 is 6.01 Å². The van der Waals surface area contributed by atoms with E-state index >= 15 is 0 Å². The van der Waals surface area contributed by atoms with Crippen LogP contribution in [0.2, 0.25) is 0 Å². The molecule has 0 fully saturated rings. The van der Waals surface area contributed by atoms with Crippen molar-refractivity contribution in [1.82, 2.24) is 25.2 Å². The second-order valence-corrected chi connectivity index (χ2v) is 13.1. The van der Waals surface area contributed by atoms with Gasteiger partial charge < -0.3 is 40.2 Å². The van der Waals surface area contributed by atoms with Gasteiger partial charge in [0.25, 0.3) is 5.91 Å². The lowest BCUT2D eigenvalue weighted by molar-refractivity contribution is 0.0901. The van der Waals surface area contributed by atoms with Gasteiger partial charge in [0.1, 0.15) is 11.5 Å². The molecule has 0 spiro atoms. The van der Waals surface area contributed by atoms with Crippen LogP contribution >= 0.6 is 0 Å². The van der Waals surface area contributed by atoms with E-state index in [9.17, 15) is 9.90 Å². The molecule has 0 saturated carbocycles. The van der Waals surface area contributed by atoms with Crippen LogP contribution in [0, 0.1) is 11.3 Å². The molecule has 12 heteroatoms. The number of hydrogen-bond acceptors (Lipinski definition) is 11. The molecule has 2 unspecified atom stereocenters. The topological polar surface area (TPSA) is 143 Å². The van der Waals surface area contributed by atoms with Gasteiger partial charge in [-0.15, -0.1) is 0 Å². The summed E-state index contributed by atoms with van der Waals surface area (Å²) >= 11 is 0. The van der Waals surface area contributed by atoms with Crippen LogP contribution in [0.4, 0.5) is 17.6 Å². The highest BCUT2D eigenvalue weighted by atomic mass is 16.5. The second kappa shape index (κ2) is 17.1. The van der Waals surface area contributed by atoms with E-state index in [4.69, 9.17) is 14.2 Å². The summed E-state index contributed by atoms with van der Waals surface area (Å²) in [4.78, 5) is 28.9. The Morgan fingerprint density at radius 2 is 1.77 bits per heavy atom. The summed E-state index contributed by atoms with van der Waals surface area (Å²) in [6.45, 7) is 11.3. The fourth-order valence-corrected chi connectivity index (χ4v) is 5.48. The molecule has 47 heavy (non-hydrogen) atoms. The summed E-state index contributed by atoms with van der Waals surface area (Å²) in [5.41, 5.74) is 1.96. The summed E-state index contributed by atoms with van der Waals surface area (Å²) in [6.07, 6.45) is 2.44. The average Bonchev–Trinajstić information content (AvgIpc) is 3.02. The number of nitrogens with one attached hydrogen (secondary N) is 3. The van der Waals surface area contributed by atoms with Gasteiger partial charge in [0.05, 0.1) is 31.5 Å². The highest BCUT2D eigenvalue weighted by Crippen LogP contribution is 2.27. The van der Waals surface area contributed by atoms with Crippen molar-refractivity contribution in [2.75, 3.05) is 57.6 Å². The molecule has 3 heterocycles. The van der Waals surface area contributed by atoms with Gasteiger partial charge in [-0.2, -0.15) is 15.0 Å². The minimum absolute atomic E-state index is 0.121. The highest BCUT2D eigenvalue weighted by molar-refractivity contribution is 5.97. The molecule has 0 aliphatic carbocycles. The number of fused-ring (bicyclic) bond motifs is 12. The average molecular weight is 650 g/mol. The maximum atomic E-state index is 13.4. The Balaban J connectivity index is 1.60. The minimum Gasteiger partial charge on any atom is -0.494 e. The van der Waals surface area contributed by atoms with Crippen molar-refractivity contribution in [2.24, 2.45) is 11.3 Å². The fraction of sp³-hybridized carbons (Fsp3) is 0.543. The number of carbonyl (C=O) groups excluding carboxylic acids is 1. The van der Waals surface area contributed by atoms with Gasteiger partial charge in [-0.1, -0.05) is 32.9 Å². The van der Waals surface area contributed by atoms with E-state index in [0.717, 1.165) is 30.7 Å². The van der Waals surface area contributed by atoms with Crippen molar-refractivity contribution in [3.63, 3.8) is 0 Å². The number of amides is 1. The zero-order chi connectivity index (χ0) is 33.8. The Bertz CT molecular complexity index is 1430. The normalized spacial score (nSPS) is 17.9. The maximum absolute atomic E-state index is 13.4. The number of aliphatic hydroxyl groups excluding tert-OH is 1. The largest absolute Gasteiger partial charge is 0.494 e. The van der Waals surface area contributed by atoms with Gasteiger partial charge in [0.2, 0.25) is 11.9 Å². The third kappa shape index (κ3) is 11.5. The lowest BCUT2D eigenvalue weighted by atomic mass is 9.93. The van der Waals surface area contributed by atoms with Crippen LogP contribution in [0.1, 0.15) is 69.3 Å². The Morgan fingerprint density at radius 1 is 1.04 bits per heavy atom. The molecule has 1 aromatic heterocycles. The summed E-state index contributed by atoms with van der Waals surface area (Å²) in [7, 11) is 4.04. The van der Waals surface area contributed by atoms with E-state index in [0.29, 0.717) is 68.7 Å². The van der Waals surface area contributed by atoms with E-state index in [1.807, 2.05) is 45.3 Å². The van der Waals surface area contributed by atoms with E-state index in [1.54, 1.807) is 18.2 Å². The molecule has 2 aliphatic rings. The number of aromatic nitrogens is 3. The van der Waals surface area contributed by atoms with Crippen molar-refractivity contribution in [3.05, 3.63) is 53.6 Å². The van der Waals surface area contributed by atoms with Crippen LogP contribution in [-0.2, 0) is 6.54 Å². The molecule has 6 bridgehead atoms. The van der Waals surface area contributed by atoms with Crippen LogP contribution in [-0.4, -0.2) is 84.0 Å². The van der Waals surface area contributed by atoms with Gasteiger partial charge in [0, 0.05) is 31.4 Å². The minimum atomic E-state index is -0.459. The van der Waals surface area contributed by atoms with Crippen LogP contribution in [0.3, 0.4) is 0 Å². The molecule has 256 valence electrons. The van der Waals surface area contributed by atoms with Crippen molar-refractivity contribution >= 4 is 23.5 Å². The summed E-state index contributed by atoms with van der Waals surface area (Å²) in [5, 5.41) is 20.4. The molecule has 5 rings (SSSR count). The lowest BCUT2D eigenvalue weighted by Gasteiger charge is -2.28. The zero-order valence-electron chi connectivity index (χ0n) is 28.6. The molecule has 2 aliphatic heterocycles. The third-order valence-electron chi connectivity index (χ3n) is 7.85. The molecule has 0 radical (unpaired) electrons. The first-order chi connectivity index (χ1) is 22.5. The first kappa shape index (κ1) is 35.7.